The third kappa shape index (κ3) is 5.48. The van der Waals surface area contributed by atoms with E-state index < -0.39 is 0 Å². The van der Waals surface area contributed by atoms with Crippen LogP contribution in [0.25, 0.3) is 0 Å². The van der Waals surface area contributed by atoms with Crippen LogP contribution >= 0.6 is 0 Å². The highest BCUT2D eigenvalue weighted by molar-refractivity contribution is 5.81. The van der Waals surface area contributed by atoms with Crippen LogP contribution in [-0.4, -0.2) is 37.4 Å². The lowest BCUT2D eigenvalue weighted by atomic mass is 9.81. The van der Waals surface area contributed by atoms with Crippen LogP contribution in [0.4, 0.5) is 0 Å². The summed E-state index contributed by atoms with van der Waals surface area (Å²) in [7, 11) is 3.53. The molecule has 1 aliphatic rings. The number of nitrogens with one attached hydrogen (secondary N) is 1. The molecule has 0 saturated heterocycles. The number of nitrogens with zero attached hydrogens (tertiary/aromatic N) is 1. The smallest absolute Gasteiger partial charge is 0.225 e. The van der Waals surface area contributed by atoms with E-state index in [1.54, 1.807) is 7.11 Å². The first-order chi connectivity index (χ1) is 12.6. The van der Waals surface area contributed by atoms with Gasteiger partial charge < -0.3 is 15.0 Å². The zero-order chi connectivity index (χ0) is 18.9. The lowest BCUT2D eigenvalue weighted by Crippen LogP contribution is -2.38. The van der Waals surface area contributed by atoms with Gasteiger partial charge in [0.05, 0.1) is 7.11 Å². The summed E-state index contributed by atoms with van der Waals surface area (Å²) in [5.41, 5.74) is 0.977. The number of unbranched alkanes of at least 4 members (excludes halogenated alkanes) is 1. The van der Waals surface area contributed by atoms with Gasteiger partial charge in [-0.3, -0.25) is 9.59 Å². The number of para-hydroxylation sites is 1. The maximum absolute atomic E-state index is 12.5. The Labute approximate surface area is 157 Å². The predicted molar refractivity (Wildman–Crippen MR) is 103 cm³/mol. The van der Waals surface area contributed by atoms with E-state index in [2.05, 4.69) is 12.2 Å². The van der Waals surface area contributed by atoms with Crippen LogP contribution in [0.15, 0.2) is 24.3 Å². The van der Waals surface area contributed by atoms with Gasteiger partial charge in [0.25, 0.3) is 0 Å². The van der Waals surface area contributed by atoms with E-state index >= 15 is 0 Å². The second-order valence-electron chi connectivity index (χ2n) is 7.19. The highest BCUT2D eigenvalue weighted by Gasteiger charge is 2.31. The molecule has 5 nitrogen and oxygen atoms in total. The number of ether oxygens (including phenoxy) is 1. The van der Waals surface area contributed by atoms with Gasteiger partial charge in [-0.1, -0.05) is 31.5 Å². The Hall–Kier alpha value is -2.04. The predicted octanol–water partition coefficient (Wildman–Crippen LogP) is 3.38. The largest absolute Gasteiger partial charge is 0.496 e. The molecule has 26 heavy (non-hydrogen) atoms. The second-order valence-corrected chi connectivity index (χ2v) is 7.19. The summed E-state index contributed by atoms with van der Waals surface area (Å²) in [6.07, 6.45) is 5.33. The number of amides is 2. The molecule has 0 aromatic heterocycles. The third-order valence-electron chi connectivity index (χ3n) is 5.32. The van der Waals surface area contributed by atoms with E-state index in [1.807, 2.05) is 36.2 Å². The number of hydrogen-bond donors (Lipinski definition) is 1. The van der Waals surface area contributed by atoms with Crippen LogP contribution in [0.2, 0.25) is 0 Å². The normalized spacial score (nSPS) is 19.7. The summed E-state index contributed by atoms with van der Waals surface area (Å²) < 4.78 is 5.32. The maximum Gasteiger partial charge on any atom is 0.225 e. The van der Waals surface area contributed by atoms with Crippen molar-refractivity contribution in [2.75, 3.05) is 20.7 Å². The lowest BCUT2D eigenvalue weighted by molar-refractivity contribution is -0.137. The molecule has 0 unspecified atom stereocenters. The fourth-order valence-corrected chi connectivity index (χ4v) is 3.60. The fraction of sp³-hybridized carbons (Fsp3) is 0.619. The van der Waals surface area contributed by atoms with Crippen molar-refractivity contribution < 1.29 is 14.3 Å². The molecule has 0 radical (unpaired) electrons. The van der Waals surface area contributed by atoms with Crippen molar-refractivity contribution in [2.45, 2.75) is 52.0 Å². The zero-order valence-corrected chi connectivity index (χ0v) is 16.3. The molecule has 1 fully saturated rings. The second kappa shape index (κ2) is 10.2. The minimum atomic E-state index is 0.00899. The highest BCUT2D eigenvalue weighted by Crippen LogP contribution is 2.30. The number of carbonyl (C=O) groups is 2. The van der Waals surface area contributed by atoms with Gasteiger partial charge >= 0.3 is 0 Å². The monoisotopic (exact) mass is 360 g/mol. The standard InChI is InChI=1S/C21H32N2O3/c1-4-5-14-23(2)21(25)17-12-10-16(11-13-17)20(24)22-15-18-8-6-7-9-19(18)26-3/h6-9,16-17H,4-5,10-15H2,1-3H3,(H,22,24). The number of methoxy groups -OCH3 is 1. The summed E-state index contributed by atoms with van der Waals surface area (Å²) in [6.45, 7) is 3.43. The molecule has 5 heteroatoms. The van der Waals surface area contributed by atoms with E-state index in [-0.39, 0.29) is 23.7 Å². The van der Waals surface area contributed by atoms with Crippen LogP contribution < -0.4 is 10.1 Å². The first-order valence-electron chi connectivity index (χ1n) is 9.71. The number of rotatable bonds is 8. The summed E-state index contributed by atoms with van der Waals surface area (Å²) in [6, 6.07) is 7.71. The molecular formula is C21H32N2O3. The minimum absolute atomic E-state index is 0.00899. The Balaban J connectivity index is 1.78. The Morgan fingerprint density at radius 1 is 1.15 bits per heavy atom. The number of carbonyl (C=O) groups excluding carboxylic acids is 2. The molecule has 1 aromatic carbocycles. The van der Waals surface area contributed by atoms with Crippen molar-refractivity contribution in [3.05, 3.63) is 29.8 Å². The minimum Gasteiger partial charge on any atom is -0.496 e. The molecule has 0 bridgehead atoms. The fourth-order valence-electron chi connectivity index (χ4n) is 3.60. The van der Waals surface area contributed by atoms with Gasteiger partial charge in [0, 0.05) is 37.5 Å². The topological polar surface area (TPSA) is 58.6 Å². The lowest BCUT2D eigenvalue weighted by Gasteiger charge is -2.30. The average molecular weight is 360 g/mol. The van der Waals surface area contributed by atoms with Crippen molar-refractivity contribution in [2.24, 2.45) is 11.8 Å². The van der Waals surface area contributed by atoms with Crippen LogP contribution in [0, 0.1) is 11.8 Å². The quantitative estimate of drug-likeness (QED) is 0.773. The highest BCUT2D eigenvalue weighted by atomic mass is 16.5. The molecule has 1 N–H and O–H groups in total. The number of hydrogen-bond acceptors (Lipinski definition) is 3. The number of benzene rings is 1. The molecular weight excluding hydrogens is 328 g/mol. The zero-order valence-electron chi connectivity index (χ0n) is 16.3. The van der Waals surface area contributed by atoms with Gasteiger partial charge in [-0.2, -0.15) is 0 Å². The van der Waals surface area contributed by atoms with Crippen molar-refractivity contribution in [3.63, 3.8) is 0 Å². The molecule has 2 rings (SSSR count). The van der Waals surface area contributed by atoms with Gasteiger partial charge in [-0.15, -0.1) is 0 Å². The Bertz CT molecular complexity index is 595. The van der Waals surface area contributed by atoms with Crippen LogP contribution in [0.5, 0.6) is 5.75 Å². The molecule has 2 amide bonds. The van der Waals surface area contributed by atoms with E-state index in [0.717, 1.165) is 56.4 Å². The Kier molecular flexibility index (Phi) is 7.95. The molecule has 0 atom stereocenters. The molecule has 144 valence electrons. The van der Waals surface area contributed by atoms with E-state index in [0.29, 0.717) is 6.54 Å². The van der Waals surface area contributed by atoms with Gasteiger partial charge in [0.15, 0.2) is 0 Å². The molecule has 1 aliphatic carbocycles. The van der Waals surface area contributed by atoms with Gasteiger partial charge in [-0.05, 0) is 38.2 Å². The van der Waals surface area contributed by atoms with Crippen molar-refractivity contribution >= 4 is 11.8 Å². The molecule has 0 aliphatic heterocycles. The average Bonchev–Trinajstić information content (AvgIpc) is 2.69. The van der Waals surface area contributed by atoms with E-state index in [9.17, 15) is 9.59 Å². The summed E-state index contributed by atoms with van der Waals surface area (Å²) in [4.78, 5) is 26.8. The van der Waals surface area contributed by atoms with Crippen molar-refractivity contribution in [1.29, 1.82) is 0 Å². The maximum atomic E-state index is 12.5. The molecule has 0 spiro atoms. The first kappa shape index (κ1) is 20.3. The molecule has 1 saturated carbocycles. The molecule has 0 heterocycles. The van der Waals surface area contributed by atoms with E-state index in [4.69, 9.17) is 4.74 Å². The van der Waals surface area contributed by atoms with Gasteiger partial charge in [0.1, 0.15) is 5.75 Å². The van der Waals surface area contributed by atoms with Crippen LogP contribution in [-0.2, 0) is 16.1 Å². The van der Waals surface area contributed by atoms with Crippen LogP contribution in [0.3, 0.4) is 0 Å². The summed E-state index contributed by atoms with van der Waals surface area (Å²) in [5.74, 6) is 1.20. The van der Waals surface area contributed by atoms with E-state index in [1.165, 1.54) is 0 Å². The Morgan fingerprint density at radius 3 is 2.46 bits per heavy atom. The first-order valence-corrected chi connectivity index (χ1v) is 9.71. The summed E-state index contributed by atoms with van der Waals surface area (Å²) >= 11 is 0. The summed E-state index contributed by atoms with van der Waals surface area (Å²) in [5, 5.41) is 3.02. The van der Waals surface area contributed by atoms with Crippen molar-refractivity contribution in [3.8, 4) is 5.75 Å². The van der Waals surface area contributed by atoms with Crippen molar-refractivity contribution in [1.82, 2.24) is 10.2 Å². The van der Waals surface area contributed by atoms with Gasteiger partial charge in [0.2, 0.25) is 11.8 Å². The molecule has 1 aromatic rings. The third-order valence-corrected chi connectivity index (χ3v) is 5.32. The SMILES string of the molecule is CCCCN(C)C(=O)C1CCC(C(=O)NCc2ccccc2OC)CC1. The Morgan fingerprint density at radius 2 is 1.81 bits per heavy atom. The van der Waals surface area contributed by atoms with Gasteiger partial charge in [-0.25, -0.2) is 0 Å². The van der Waals surface area contributed by atoms with Crippen LogP contribution in [0.1, 0.15) is 51.0 Å².